The van der Waals surface area contributed by atoms with Crippen LogP contribution in [-0.2, 0) is 4.74 Å². The maximum atomic E-state index is 12.5. The van der Waals surface area contributed by atoms with Crippen LogP contribution >= 0.6 is 11.6 Å². The summed E-state index contributed by atoms with van der Waals surface area (Å²) in [6, 6.07) is 14.7. The Hall–Kier alpha value is -1.64. The highest BCUT2D eigenvalue weighted by atomic mass is 35.5. The Kier molecular flexibility index (Phi) is 4.35. The van der Waals surface area contributed by atoms with E-state index in [2.05, 4.69) is 0 Å². The van der Waals surface area contributed by atoms with Crippen molar-refractivity contribution in [2.24, 2.45) is 0 Å². The van der Waals surface area contributed by atoms with E-state index in [9.17, 15) is 4.79 Å². The molecule has 0 saturated carbocycles. The third kappa shape index (κ3) is 3.03. The third-order valence-electron chi connectivity index (χ3n) is 3.03. The van der Waals surface area contributed by atoms with Crippen molar-refractivity contribution in [3.05, 3.63) is 70.2 Å². The van der Waals surface area contributed by atoms with Crippen LogP contribution in [0, 0.1) is 6.92 Å². The summed E-state index contributed by atoms with van der Waals surface area (Å²) in [5.41, 5.74) is 2.35. The van der Waals surface area contributed by atoms with Gasteiger partial charge in [-0.05, 0) is 24.1 Å². The highest BCUT2D eigenvalue weighted by Gasteiger charge is 2.21. The van der Waals surface area contributed by atoms with Crippen LogP contribution in [0.15, 0.2) is 48.5 Å². The molecule has 0 aliphatic heterocycles. The average Bonchev–Trinajstić information content (AvgIpc) is 2.44. The number of methoxy groups -OCH3 is 1. The molecule has 0 aliphatic carbocycles. The second-order valence-electron chi connectivity index (χ2n) is 4.35. The van der Waals surface area contributed by atoms with Gasteiger partial charge in [-0.1, -0.05) is 54.1 Å². The molecule has 0 heterocycles. The zero-order valence-corrected chi connectivity index (χ0v) is 11.6. The van der Waals surface area contributed by atoms with Crippen molar-refractivity contribution >= 4 is 17.4 Å². The van der Waals surface area contributed by atoms with E-state index in [-0.39, 0.29) is 5.78 Å². The van der Waals surface area contributed by atoms with E-state index in [0.717, 1.165) is 11.1 Å². The molecule has 0 amide bonds. The van der Waals surface area contributed by atoms with Gasteiger partial charge in [0.1, 0.15) is 6.10 Å². The minimum atomic E-state index is -0.597. The number of rotatable bonds is 4. The zero-order valence-electron chi connectivity index (χ0n) is 10.9. The summed E-state index contributed by atoms with van der Waals surface area (Å²) in [6.45, 7) is 1.90. The number of ketones is 1. The van der Waals surface area contributed by atoms with Gasteiger partial charge in [-0.3, -0.25) is 4.79 Å². The molecule has 1 unspecified atom stereocenters. The maximum Gasteiger partial charge on any atom is 0.196 e. The standard InChI is InChI=1S/C16H15ClO2/c1-11-8-9-13(10-14(11)17)15(18)16(19-2)12-6-4-3-5-7-12/h3-10,16H,1-2H3. The van der Waals surface area contributed by atoms with Gasteiger partial charge < -0.3 is 4.74 Å². The van der Waals surface area contributed by atoms with E-state index in [0.29, 0.717) is 10.6 Å². The molecule has 2 nitrogen and oxygen atoms in total. The fourth-order valence-electron chi connectivity index (χ4n) is 1.92. The summed E-state index contributed by atoms with van der Waals surface area (Å²) >= 11 is 6.06. The Labute approximate surface area is 118 Å². The number of ether oxygens (including phenoxy) is 1. The number of hydrogen-bond donors (Lipinski definition) is 0. The van der Waals surface area contributed by atoms with Gasteiger partial charge in [0.25, 0.3) is 0 Å². The lowest BCUT2D eigenvalue weighted by Gasteiger charge is -2.15. The van der Waals surface area contributed by atoms with Gasteiger partial charge >= 0.3 is 0 Å². The van der Waals surface area contributed by atoms with Crippen LogP contribution in [-0.4, -0.2) is 12.9 Å². The molecule has 1 atom stereocenters. The number of carbonyl (C=O) groups excluding carboxylic acids is 1. The summed E-state index contributed by atoms with van der Waals surface area (Å²) < 4.78 is 5.33. The molecule has 0 aromatic heterocycles. The van der Waals surface area contributed by atoms with Crippen LogP contribution in [0.1, 0.15) is 27.6 Å². The van der Waals surface area contributed by atoms with Gasteiger partial charge in [0.05, 0.1) is 0 Å². The minimum absolute atomic E-state index is 0.0874. The van der Waals surface area contributed by atoms with E-state index in [1.807, 2.05) is 43.3 Å². The lowest BCUT2D eigenvalue weighted by Crippen LogP contribution is -2.14. The van der Waals surface area contributed by atoms with Crippen molar-refractivity contribution < 1.29 is 9.53 Å². The number of aryl methyl sites for hydroxylation is 1. The number of halogens is 1. The van der Waals surface area contributed by atoms with Crippen LogP contribution in [0.5, 0.6) is 0 Å². The van der Waals surface area contributed by atoms with Crippen LogP contribution in [0.25, 0.3) is 0 Å². The van der Waals surface area contributed by atoms with Crippen LogP contribution in [0.3, 0.4) is 0 Å². The van der Waals surface area contributed by atoms with E-state index in [4.69, 9.17) is 16.3 Å². The topological polar surface area (TPSA) is 26.3 Å². The lowest BCUT2D eigenvalue weighted by atomic mass is 9.99. The third-order valence-corrected chi connectivity index (χ3v) is 3.44. The summed E-state index contributed by atoms with van der Waals surface area (Å²) in [7, 11) is 1.53. The smallest absolute Gasteiger partial charge is 0.196 e. The fourth-order valence-corrected chi connectivity index (χ4v) is 2.10. The number of hydrogen-bond acceptors (Lipinski definition) is 2. The van der Waals surface area contributed by atoms with Crippen molar-refractivity contribution in [2.45, 2.75) is 13.0 Å². The molecule has 98 valence electrons. The van der Waals surface area contributed by atoms with Crippen molar-refractivity contribution in [3.8, 4) is 0 Å². The first-order chi connectivity index (χ1) is 9.13. The molecule has 0 saturated heterocycles. The van der Waals surface area contributed by atoms with Crippen LogP contribution in [0.2, 0.25) is 5.02 Å². The number of carbonyl (C=O) groups is 1. The number of Topliss-reactive ketones (excluding diaryl/α,β-unsaturated/α-hetero) is 1. The molecule has 2 rings (SSSR count). The quantitative estimate of drug-likeness (QED) is 0.781. The highest BCUT2D eigenvalue weighted by Crippen LogP contribution is 2.24. The first-order valence-corrected chi connectivity index (χ1v) is 6.39. The Morgan fingerprint density at radius 2 is 1.84 bits per heavy atom. The van der Waals surface area contributed by atoms with Crippen molar-refractivity contribution in [1.29, 1.82) is 0 Å². The van der Waals surface area contributed by atoms with E-state index < -0.39 is 6.10 Å². The summed E-state index contributed by atoms with van der Waals surface area (Å²) in [6.07, 6.45) is -0.597. The van der Waals surface area contributed by atoms with Crippen LogP contribution < -0.4 is 0 Å². The lowest BCUT2D eigenvalue weighted by molar-refractivity contribution is 0.0604. The Morgan fingerprint density at radius 1 is 1.16 bits per heavy atom. The molecule has 19 heavy (non-hydrogen) atoms. The Balaban J connectivity index is 2.33. The van der Waals surface area contributed by atoms with Crippen molar-refractivity contribution in [3.63, 3.8) is 0 Å². The van der Waals surface area contributed by atoms with E-state index in [1.54, 1.807) is 12.1 Å². The van der Waals surface area contributed by atoms with Gasteiger partial charge in [-0.25, -0.2) is 0 Å². The zero-order chi connectivity index (χ0) is 13.8. The van der Waals surface area contributed by atoms with Gasteiger partial charge in [0.2, 0.25) is 0 Å². The van der Waals surface area contributed by atoms with Crippen molar-refractivity contribution in [1.82, 2.24) is 0 Å². The predicted molar refractivity (Wildman–Crippen MR) is 76.7 cm³/mol. The van der Waals surface area contributed by atoms with Gasteiger partial charge in [0.15, 0.2) is 5.78 Å². The molecule has 0 radical (unpaired) electrons. The SMILES string of the molecule is COC(C(=O)c1ccc(C)c(Cl)c1)c1ccccc1. The minimum Gasteiger partial charge on any atom is -0.369 e. The Bertz CT molecular complexity index is 579. The summed E-state index contributed by atoms with van der Waals surface area (Å²) in [5, 5.41) is 0.591. The fraction of sp³-hybridized carbons (Fsp3) is 0.188. The van der Waals surface area contributed by atoms with E-state index in [1.165, 1.54) is 7.11 Å². The normalized spacial score (nSPS) is 12.2. The molecule has 0 N–H and O–H groups in total. The summed E-state index contributed by atoms with van der Waals surface area (Å²) in [5.74, 6) is -0.0874. The van der Waals surface area contributed by atoms with Crippen LogP contribution in [0.4, 0.5) is 0 Å². The summed E-state index contributed by atoms with van der Waals surface area (Å²) in [4.78, 5) is 12.5. The molecule has 3 heteroatoms. The highest BCUT2D eigenvalue weighted by molar-refractivity contribution is 6.31. The second kappa shape index (κ2) is 6.00. The predicted octanol–water partition coefficient (Wildman–Crippen LogP) is 4.22. The molecule has 2 aromatic rings. The first kappa shape index (κ1) is 13.8. The van der Waals surface area contributed by atoms with E-state index >= 15 is 0 Å². The largest absolute Gasteiger partial charge is 0.369 e. The van der Waals surface area contributed by atoms with Gasteiger partial charge in [-0.15, -0.1) is 0 Å². The van der Waals surface area contributed by atoms with Gasteiger partial charge in [0, 0.05) is 17.7 Å². The second-order valence-corrected chi connectivity index (χ2v) is 4.76. The first-order valence-electron chi connectivity index (χ1n) is 6.01. The monoisotopic (exact) mass is 274 g/mol. The maximum absolute atomic E-state index is 12.5. The molecule has 0 aliphatic rings. The molecule has 0 fully saturated rings. The molecular weight excluding hydrogens is 260 g/mol. The molecule has 0 bridgehead atoms. The Morgan fingerprint density at radius 3 is 2.42 bits per heavy atom. The van der Waals surface area contributed by atoms with Crippen molar-refractivity contribution in [2.75, 3.05) is 7.11 Å². The van der Waals surface area contributed by atoms with Gasteiger partial charge in [-0.2, -0.15) is 0 Å². The molecule has 0 spiro atoms. The molecular formula is C16H15ClO2. The molecule has 2 aromatic carbocycles. The number of benzene rings is 2. The average molecular weight is 275 g/mol.